The number of hydrogen-bond acceptors (Lipinski definition) is 6. The summed E-state index contributed by atoms with van der Waals surface area (Å²) < 4.78 is 16.9. The minimum absolute atomic E-state index is 0.0902. The van der Waals surface area contributed by atoms with Gasteiger partial charge in [-0.1, -0.05) is 277 Å². The van der Waals surface area contributed by atoms with Crippen LogP contribution in [0.1, 0.15) is 290 Å². The van der Waals surface area contributed by atoms with Gasteiger partial charge in [0.15, 0.2) is 6.10 Å². The number of rotatable bonds is 57. The predicted molar refractivity (Wildman–Crippen MR) is 334 cm³/mol. The highest BCUT2D eigenvalue weighted by Crippen LogP contribution is 2.15. The van der Waals surface area contributed by atoms with E-state index in [0.717, 1.165) is 148 Å². The first kappa shape index (κ1) is 72.8. The zero-order chi connectivity index (χ0) is 55.7. The Bertz CT molecular complexity index is 1600. The molecule has 0 aromatic carbocycles. The zero-order valence-corrected chi connectivity index (χ0v) is 50.2. The van der Waals surface area contributed by atoms with Crippen LogP contribution in [0.5, 0.6) is 0 Å². The van der Waals surface area contributed by atoms with Crippen LogP contribution >= 0.6 is 0 Å². The molecule has 0 spiro atoms. The molecule has 0 aromatic rings. The topological polar surface area (TPSA) is 78.9 Å². The third-order valence-corrected chi connectivity index (χ3v) is 13.5. The Morgan fingerprint density at radius 1 is 0.273 bits per heavy atom. The first-order valence-electron chi connectivity index (χ1n) is 32.0. The number of esters is 3. The molecule has 0 aliphatic carbocycles. The highest BCUT2D eigenvalue weighted by molar-refractivity contribution is 5.71. The van der Waals surface area contributed by atoms with Crippen molar-refractivity contribution in [2.24, 2.45) is 0 Å². The molecule has 1 atom stereocenters. The van der Waals surface area contributed by atoms with E-state index in [1.165, 1.54) is 103 Å². The Balaban J connectivity index is 4.38. The summed E-state index contributed by atoms with van der Waals surface area (Å²) in [6.45, 7) is 6.49. The minimum Gasteiger partial charge on any atom is -0.462 e. The van der Waals surface area contributed by atoms with Gasteiger partial charge in [0.25, 0.3) is 0 Å². The number of hydrogen-bond donors (Lipinski definition) is 0. The fourth-order valence-electron chi connectivity index (χ4n) is 8.67. The quantitative estimate of drug-likeness (QED) is 0.0261. The third-order valence-electron chi connectivity index (χ3n) is 13.5. The van der Waals surface area contributed by atoms with Crippen molar-refractivity contribution in [2.75, 3.05) is 13.2 Å². The molecule has 0 radical (unpaired) electrons. The van der Waals surface area contributed by atoms with Crippen molar-refractivity contribution in [1.29, 1.82) is 0 Å². The van der Waals surface area contributed by atoms with Crippen molar-refractivity contribution in [2.45, 2.75) is 297 Å². The molecule has 0 saturated heterocycles. The Kier molecular flexibility index (Phi) is 60.8. The molecule has 6 heteroatoms. The van der Waals surface area contributed by atoms with E-state index in [1.54, 1.807) is 0 Å². The van der Waals surface area contributed by atoms with Gasteiger partial charge >= 0.3 is 17.9 Å². The molecular weight excluding hydrogens is 949 g/mol. The van der Waals surface area contributed by atoms with Crippen LogP contribution in [0.3, 0.4) is 0 Å². The van der Waals surface area contributed by atoms with Crippen molar-refractivity contribution in [3.8, 4) is 0 Å². The maximum atomic E-state index is 12.9. The summed E-state index contributed by atoms with van der Waals surface area (Å²) in [6, 6.07) is 0. The molecular formula is C71H118O6. The molecule has 0 aliphatic heterocycles. The molecule has 0 heterocycles. The first-order chi connectivity index (χ1) is 38.0. The van der Waals surface area contributed by atoms with E-state index in [9.17, 15) is 14.4 Å². The van der Waals surface area contributed by atoms with E-state index in [4.69, 9.17) is 14.2 Å². The van der Waals surface area contributed by atoms with Crippen molar-refractivity contribution >= 4 is 17.9 Å². The maximum absolute atomic E-state index is 12.9. The highest BCUT2D eigenvalue weighted by Gasteiger charge is 2.19. The summed E-state index contributed by atoms with van der Waals surface area (Å²) in [5.74, 6) is -0.919. The van der Waals surface area contributed by atoms with Gasteiger partial charge in [0.05, 0.1) is 0 Å². The normalized spacial score (nSPS) is 12.9. The highest BCUT2D eigenvalue weighted by atomic mass is 16.6. The molecule has 77 heavy (non-hydrogen) atoms. The van der Waals surface area contributed by atoms with Gasteiger partial charge in [0.1, 0.15) is 13.2 Å². The minimum atomic E-state index is -0.796. The summed E-state index contributed by atoms with van der Waals surface area (Å²) in [5.41, 5.74) is 0. The Hall–Kier alpha value is -4.19. The number of ether oxygens (including phenoxy) is 3. The van der Waals surface area contributed by atoms with Crippen LogP contribution < -0.4 is 0 Å². The van der Waals surface area contributed by atoms with Gasteiger partial charge in [-0.05, 0) is 116 Å². The Morgan fingerprint density at radius 3 is 0.792 bits per heavy atom. The average molecular weight is 1070 g/mol. The standard InChI is InChI=1S/C71H118O6/c1-4-7-10-13-16-19-22-24-26-28-30-32-33-34-35-36-37-39-40-42-44-46-49-52-55-58-61-64-70(73)76-67-68(66-75-69(72)63-60-57-54-51-48-21-18-15-12-9-6-3)77-71(74)65-62-59-56-53-50-47-45-43-41-38-31-29-27-25-23-20-17-14-11-8-5-2/h7,10,16,19,23-26,29-32,34-35,37,39,41-44,68H,4-6,8-9,11-15,17-18,20-22,27-28,33,36,38,40,45-67H2,1-3H3/b10-7-,19-16-,25-23-,26-24-,31-29-,32-30-,35-34-,39-37-,43-41-,44-42-. The lowest BCUT2D eigenvalue weighted by Crippen LogP contribution is -2.30. The molecule has 0 saturated carbocycles. The second-order valence-corrected chi connectivity index (χ2v) is 20.9. The van der Waals surface area contributed by atoms with Crippen molar-refractivity contribution < 1.29 is 28.6 Å². The van der Waals surface area contributed by atoms with Gasteiger partial charge < -0.3 is 14.2 Å². The number of carbonyl (C=O) groups is 3. The molecule has 0 aromatic heterocycles. The molecule has 0 rings (SSSR count). The van der Waals surface area contributed by atoms with Gasteiger partial charge in [0, 0.05) is 19.3 Å². The van der Waals surface area contributed by atoms with Crippen LogP contribution in [-0.4, -0.2) is 37.2 Å². The second-order valence-electron chi connectivity index (χ2n) is 20.9. The average Bonchev–Trinajstić information content (AvgIpc) is 3.43. The van der Waals surface area contributed by atoms with Crippen LogP contribution in [0.25, 0.3) is 0 Å². The SMILES string of the molecule is CC/C=C\C/C=C\C/C=C\C/C=C\C/C=C\C/C=C\C/C=C\CCCCCCCC(=O)OCC(COC(=O)CCCCCCCCCCCCC)OC(=O)CCCCCCCC/C=C\C/C=C\C/C=C\CCCCCCC. The van der Waals surface area contributed by atoms with E-state index in [0.29, 0.717) is 19.3 Å². The first-order valence-corrected chi connectivity index (χ1v) is 32.0. The van der Waals surface area contributed by atoms with Crippen LogP contribution in [-0.2, 0) is 28.6 Å². The summed E-state index contributed by atoms with van der Waals surface area (Å²) >= 11 is 0. The fraction of sp³-hybridized carbons (Fsp3) is 0.676. The molecule has 6 nitrogen and oxygen atoms in total. The second kappa shape index (κ2) is 64.3. The molecule has 0 aliphatic rings. The van der Waals surface area contributed by atoms with Crippen LogP contribution in [0, 0.1) is 0 Å². The van der Waals surface area contributed by atoms with Crippen molar-refractivity contribution in [3.05, 3.63) is 122 Å². The van der Waals surface area contributed by atoms with E-state index in [-0.39, 0.29) is 31.1 Å². The van der Waals surface area contributed by atoms with Crippen molar-refractivity contribution in [3.63, 3.8) is 0 Å². The van der Waals surface area contributed by atoms with Crippen molar-refractivity contribution in [1.82, 2.24) is 0 Å². The van der Waals surface area contributed by atoms with Gasteiger partial charge in [-0.15, -0.1) is 0 Å². The lowest BCUT2D eigenvalue weighted by Gasteiger charge is -2.18. The van der Waals surface area contributed by atoms with E-state index >= 15 is 0 Å². The van der Waals surface area contributed by atoms with Gasteiger partial charge in [0.2, 0.25) is 0 Å². The predicted octanol–water partition coefficient (Wildman–Crippen LogP) is 22.0. The number of unbranched alkanes of at least 4 members (excludes halogenated alkanes) is 26. The molecule has 0 N–H and O–H groups in total. The Morgan fingerprint density at radius 2 is 0.506 bits per heavy atom. The van der Waals surface area contributed by atoms with Gasteiger partial charge in [-0.2, -0.15) is 0 Å². The molecule has 0 fully saturated rings. The molecule has 0 amide bonds. The van der Waals surface area contributed by atoms with E-state index in [1.807, 2.05) is 0 Å². The Labute approximate surface area is 475 Å². The van der Waals surface area contributed by atoms with E-state index < -0.39 is 6.10 Å². The smallest absolute Gasteiger partial charge is 0.306 e. The fourth-order valence-corrected chi connectivity index (χ4v) is 8.67. The van der Waals surface area contributed by atoms with Crippen LogP contribution in [0.2, 0.25) is 0 Å². The van der Waals surface area contributed by atoms with E-state index in [2.05, 4.69) is 142 Å². The summed E-state index contributed by atoms with van der Waals surface area (Å²) in [6.07, 6.45) is 89.1. The molecule has 1 unspecified atom stereocenters. The zero-order valence-electron chi connectivity index (χ0n) is 50.2. The lowest BCUT2D eigenvalue weighted by atomic mass is 10.1. The summed E-state index contributed by atoms with van der Waals surface area (Å²) in [5, 5.41) is 0. The maximum Gasteiger partial charge on any atom is 0.306 e. The summed E-state index contributed by atoms with van der Waals surface area (Å²) in [7, 11) is 0. The third kappa shape index (κ3) is 62.5. The number of allylic oxidation sites excluding steroid dienone is 20. The monoisotopic (exact) mass is 1070 g/mol. The van der Waals surface area contributed by atoms with Gasteiger partial charge in [-0.25, -0.2) is 0 Å². The van der Waals surface area contributed by atoms with Gasteiger partial charge in [-0.3, -0.25) is 14.4 Å². The number of carbonyl (C=O) groups excluding carboxylic acids is 3. The largest absolute Gasteiger partial charge is 0.462 e. The lowest BCUT2D eigenvalue weighted by molar-refractivity contribution is -0.167. The summed E-state index contributed by atoms with van der Waals surface area (Å²) in [4.78, 5) is 38.3. The van der Waals surface area contributed by atoms with Crippen LogP contribution in [0.15, 0.2) is 122 Å². The molecule has 0 bridgehead atoms. The molecule has 438 valence electrons. The van der Waals surface area contributed by atoms with Crippen LogP contribution in [0.4, 0.5) is 0 Å².